The van der Waals surface area contributed by atoms with Crippen LogP contribution in [0.15, 0.2) is 53.9 Å². The van der Waals surface area contributed by atoms with Gasteiger partial charge in [-0.1, -0.05) is 38.1 Å². The van der Waals surface area contributed by atoms with Gasteiger partial charge in [0.05, 0.1) is 6.26 Å². The van der Waals surface area contributed by atoms with E-state index in [9.17, 15) is 13.2 Å². The third kappa shape index (κ3) is 5.17. The Kier molecular flexibility index (Phi) is 5.81. The number of hydrogen-bond acceptors (Lipinski definition) is 5. The standard InChI is InChI=1S/C20H21N3O3S2/c1-13(2)14-4-6-15(7-5-14)20-22-18(12-27-20)19(24)21-16-8-10-17(11-9-16)23-28(3,25)26/h4-13,23H,1-3H3,(H,21,24). The fourth-order valence-electron chi connectivity index (χ4n) is 2.55. The quantitative estimate of drug-likeness (QED) is 0.618. The van der Waals surface area contributed by atoms with Crippen LogP contribution < -0.4 is 10.0 Å². The summed E-state index contributed by atoms with van der Waals surface area (Å²) >= 11 is 1.42. The summed E-state index contributed by atoms with van der Waals surface area (Å²) in [6.07, 6.45) is 1.08. The molecule has 8 heteroatoms. The molecular formula is C20H21N3O3S2. The zero-order valence-corrected chi connectivity index (χ0v) is 17.4. The maximum atomic E-state index is 12.4. The van der Waals surface area contributed by atoms with Crippen molar-refractivity contribution >= 4 is 38.6 Å². The molecule has 0 atom stereocenters. The first-order chi connectivity index (χ1) is 13.2. The highest BCUT2D eigenvalue weighted by atomic mass is 32.2. The van der Waals surface area contributed by atoms with Gasteiger partial charge in [0.2, 0.25) is 10.0 Å². The number of nitrogens with zero attached hydrogens (tertiary/aromatic N) is 1. The number of thiazole rings is 1. The lowest BCUT2D eigenvalue weighted by Crippen LogP contribution is -2.13. The van der Waals surface area contributed by atoms with Crippen LogP contribution in [0, 0.1) is 0 Å². The Morgan fingerprint density at radius 2 is 1.61 bits per heavy atom. The number of carbonyl (C=O) groups excluding carboxylic acids is 1. The van der Waals surface area contributed by atoms with Crippen molar-refractivity contribution in [3.63, 3.8) is 0 Å². The van der Waals surface area contributed by atoms with Crippen LogP contribution in [0.25, 0.3) is 10.6 Å². The molecule has 0 saturated carbocycles. The van der Waals surface area contributed by atoms with Crippen LogP contribution in [0.2, 0.25) is 0 Å². The molecule has 0 radical (unpaired) electrons. The first-order valence-electron chi connectivity index (χ1n) is 8.66. The maximum Gasteiger partial charge on any atom is 0.275 e. The summed E-state index contributed by atoms with van der Waals surface area (Å²) in [6.45, 7) is 4.29. The molecule has 2 N–H and O–H groups in total. The lowest BCUT2D eigenvalue weighted by Gasteiger charge is -2.06. The normalized spacial score (nSPS) is 11.4. The average molecular weight is 416 g/mol. The van der Waals surface area contributed by atoms with E-state index in [0.29, 0.717) is 23.0 Å². The molecule has 6 nitrogen and oxygen atoms in total. The fourth-order valence-corrected chi connectivity index (χ4v) is 3.92. The van der Waals surface area contributed by atoms with E-state index in [4.69, 9.17) is 0 Å². The van der Waals surface area contributed by atoms with Crippen LogP contribution >= 0.6 is 11.3 Å². The van der Waals surface area contributed by atoms with Crippen LogP contribution in [0.4, 0.5) is 11.4 Å². The molecule has 3 rings (SSSR count). The van der Waals surface area contributed by atoms with E-state index in [1.165, 1.54) is 16.9 Å². The molecule has 1 amide bonds. The van der Waals surface area contributed by atoms with Gasteiger partial charge < -0.3 is 5.32 Å². The third-order valence-electron chi connectivity index (χ3n) is 4.01. The summed E-state index contributed by atoms with van der Waals surface area (Å²) in [5.74, 6) is 0.149. The molecule has 0 saturated heterocycles. The Balaban J connectivity index is 1.68. The van der Waals surface area contributed by atoms with Crippen molar-refractivity contribution in [3.05, 3.63) is 65.2 Å². The minimum absolute atomic E-state index is 0.315. The lowest BCUT2D eigenvalue weighted by molar-refractivity contribution is 0.102. The van der Waals surface area contributed by atoms with E-state index in [2.05, 4.69) is 41.0 Å². The summed E-state index contributed by atoms with van der Waals surface area (Å²) in [6, 6.07) is 14.6. The van der Waals surface area contributed by atoms with Crippen molar-refractivity contribution in [1.29, 1.82) is 0 Å². The van der Waals surface area contributed by atoms with Gasteiger partial charge in [-0.3, -0.25) is 9.52 Å². The van der Waals surface area contributed by atoms with Crippen molar-refractivity contribution in [1.82, 2.24) is 4.98 Å². The number of aromatic nitrogens is 1. The van der Waals surface area contributed by atoms with Gasteiger partial charge in [-0.05, 0) is 35.7 Å². The monoisotopic (exact) mass is 415 g/mol. The zero-order chi connectivity index (χ0) is 20.3. The molecule has 0 fully saturated rings. The molecule has 0 aliphatic carbocycles. The van der Waals surface area contributed by atoms with Crippen molar-refractivity contribution in [2.45, 2.75) is 19.8 Å². The smallest absolute Gasteiger partial charge is 0.275 e. The number of carbonyl (C=O) groups is 1. The third-order valence-corrected chi connectivity index (χ3v) is 5.50. The van der Waals surface area contributed by atoms with Gasteiger partial charge in [0, 0.05) is 22.3 Å². The topological polar surface area (TPSA) is 88.2 Å². The van der Waals surface area contributed by atoms with Gasteiger partial charge in [0.1, 0.15) is 10.7 Å². The SMILES string of the molecule is CC(C)c1ccc(-c2nc(C(=O)Nc3ccc(NS(C)(=O)=O)cc3)cs2)cc1. The predicted molar refractivity (Wildman–Crippen MR) is 115 cm³/mol. The highest BCUT2D eigenvalue weighted by molar-refractivity contribution is 7.92. The molecule has 28 heavy (non-hydrogen) atoms. The minimum Gasteiger partial charge on any atom is -0.321 e. The number of anilines is 2. The molecular weight excluding hydrogens is 394 g/mol. The van der Waals surface area contributed by atoms with E-state index in [1.807, 2.05) is 12.1 Å². The minimum atomic E-state index is -3.33. The first-order valence-corrected chi connectivity index (χ1v) is 11.4. The van der Waals surface area contributed by atoms with Gasteiger partial charge in [-0.2, -0.15) is 0 Å². The summed E-state index contributed by atoms with van der Waals surface area (Å²) in [7, 11) is -3.33. The van der Waals surface area contributed by atoms with Crippen LogP contribution in [-0.4, -0.2) is 25.6 Å². The zero-order valence-electron chi connectivity index (χ0n) is 15.8. The Morgan fingerprint density at radius 3 is 2.18 bits per heavy atom. The van der Waals surface area contributed by atoms with Crippen LogP contribution in [-0.2, 0) is 10.0 Å². The van der Waals surface area contributed by atoms with E-state index < -0.39 is 10.0 Å². The molecule has 146 valence electrons. The Morgan fingerprint density at radius 1 is 1.00 bits per heavy atom. The number of sulfonamides is 1. The second-order valence-corrected chi connectivity index (χ2v) is 9.33. The number of benzene rings is 2. The molecule has 3 aromatic rings. The largest absolute Gasteiger partial charge is 0.321 e. The van der Waals surface area contributed by atoms with E-state index in [-0.39, 0.29) is 5.91 Å². The van der Waals surface area contributed by atoms with Gasteiger partial charge in [-0.25, -0.2) is 13.4 Å². The summed E-state index contributed by atoms with van der Waals surface area (Å²) in [5, 5.41) is 5.27. The van der Waals surface area contributed by atoms with Gasteiger partial charge in [-0.15, -0.1) is 11.3 Å². The number of nitrogens with one attached hydrogen (secondary N) is 2. The molecule has 0 bridgehead atoms. The lowest BCUT2D eigenvalue weighted by atomic mass is 10.0. The van der Waals surface area contributed by atoms with Crippen molar-refractivity contribution < 1.29 is 13.2 Å². The van der Waals surface area contributed by atoms with Crippen molar-refractivity contribution in [2.24, 2.45) is 0 Å². The van der Waals surface area contributed by atoms with Crippen LogP contribution in [0.5, 0.6) is 0 Å². The Labute approximate surface area is 168 Å². The summed E-state index contributed by atoms with van der Waals surface area (Å²) in [5.41, 5.74) is 3.56. The first kappa shape index (κ1) is 20.0. The van der Waals surface area contributed by atoms with E-state index in [1.54, 1.807) is 29.6 Å². The Bertz CT molecular complexity index is 1070. The molecule has 0 aliphatic rings. The Hall–Kier alpha value is -2.71. The van der Waals surface area contributed by atoms with Gasteiger partial charge in [0.15, 0.2) is 0 Å². The van der Waals surface area contributed by atoms with E-state index in [0.717, 1.165) is 16.8 Å². The predicted octanol–water partition coefficient (Wildman–Crippen LogP) is 4.56. The molecule has 1 heterocycles. The highest BCUT2D eigenvalue weighted by Crippen LogP contribution is 2.26. The van der Waals surface area contributed by atoms with Crippen LogP contribution in [0.3, 0.4) is 0 Å². The van der Waals surface area contributed by atoms with Gasteiger partial charge >= 0.3 is 0 Å². The van der Waals surface area contributed by atoms with Gasteiger partial charge in [0.25, 0.3) is 5.91 Å². The van der Waals surface area contributed by atoms with Crippen LogP contribution in [0.1, 0.15) is 35.8 Å². The average Bonchev–Trinajstić information content (AvgIpc) is 3.12. The number of hydrogen-bond donors (Lipinski definition) is 2. The highest BCUT2D eigenvalue weighted by Gasteiger charge is 2.13. The molecule has 2 aromatic carbocycles. The fraction of sp³-hybridized carbons (Fsp3) is 0.200. The number of amides is 1. The van der Waals surface area contributed by atoms with Crippen molar-refractivity contribution in [3.8, 4) is 10.6 Å². The maximum absolute atomic E-state index is 12.4. The summed E-state index contributed by atoms with van der Waals surface area (Å²) < 4.78 is 24.8. The number of rotatable bonds is 6. The second-order valence-electron chi connectivity index (χ2n) is 6.72. The van der Waals surface area contributed by atoms with E-state index >= 15 is 0 Å². The van der Waals surface area contributed by atoms with Crippen molar-refractivity contribution in [2.75, 3.05) is 16.3 Å². The molecule has 1 aromatic heterocycles. The summed E-state index contributed by atoms with van der Waals surface area (Å²) in [4.78, 5) is 16.9. The molecule has 0 unspecified atom stereocenters. The molecule has 0 aliphatic heterocycles. The second kappa shape index (κ2) is 8.12. The molecule has 0 spiro atoms.